The van der Waals surface area contributed by atoms with Gasteiger partial charge in [-0.2, -0.15) is 0 Å². The number of nitrogens with zero attached hydrogens (tertiary/aromatic N) is 2. The molecule has 0 saturated carbocycles. The van der Waals surface area contributed by atoms with Crippen molar-refractivity contribution in [2.24, 2.45) is 0 Å². The maximum Gasteiger partial charge on any atom is 0.130 e. The van der Waals surface area contributed by atoms with Gasteiger partial charge in [-0.1, -0.05) is 19.1 Å². The van der Waals surface area contributed by atoms with Crippen LogP contribution in [0.15, 0.2) is 36.8 Å². The van der Waals surface area contributed by atoms with Gasteiger partial charge in [-0.15, -0.1) is 0 Å². The van der Waals surface area contributed by atoms with Crippen molar-refractivity contribution in [3.8, 4) is 5.75 Å². The molecule has 4 heteroatoms. The van der Waals surface area contributed by atoms with Gasteiger partial charge in [-0.3, -0.25) is 0 Å². The Morgan fingerprint density at radius 2 is 1.95 bits per heavy atom. The highest BCUT2D eigenvalue weighted by molar-refractivity contribution is 5.28. The Morgan fingerprint density at radius 3 is 2.55 bits per heavy atom. The van der Waals surface area contributed by atoms with Gasteiger partial charge in [0.05, 0.1) is 24.3 Å². The van der Waals surface area contributed by atoms with E-state index in [1.54, 1.807) is 0 Å². The summed E-state index contributed by atoms with van der Waals surface area (Å²) in [5.74, 6) is 0.800. The number of hydrogen-bond acceptors (Lipinski definition) is 3. The molecule has 0 unspecified atom stereocenters. The average Bonchev–Trinajstić information content (AvgIpc) is 2.93. The standard InChI is InChI=1S/C16H22N2O2/c1-4-16(19)13-5-7-15(8-6-13)20-10-14-9-17-11-18(14)12(2)3/h5-9,11-12,16,19H,4,10H2,1-3H3/t16-/m0/s1. The molecular formula is C16H22N2O2. The molecule has 0 aliphatic carbocycles. The van der Waals surface area contributed by atoms with Gasteiger partial charge in [0.1, 0.15) is 12.4 Å². The monoisotopic (exact) mass is 274 g/mol. The molecule has 108 valence electrons. The highest BCUT2D eigenvalue weighted by atomic mass is 16.5. The third-order valence-corrected chi connectivity index (χ3v) is 3.34. The van der Waals surface area contributed by atoms with Crippen molar-refractivity contribution >= 4 is 0 Å². The first kappa shape index (κ1) is 14.6. The van der Waals surface area contributed by atoms with Crippen LogP contribution in [0.2, 0.25) is 0 Å². The number of imidazole rings is 1. The molecule has 1 atom stereocenters. The number of benzene rings is 1. The summed E-state index contributed by atoms with van der Waals surface area (Å²) in [4.78, 5) is 4.15. The predicted octanol–water partition coefficient (Wildman–Crippen LogP) is 3.49. The molecule has 0 bridgehead atoms. The minimum absolute atomic E-state index is 0.373. The largest absolute Gasteiger partial charge is 0.487 e. The highest BCUT2D eigenvalue weighted by Crippen LogP contribution is 2.20. The molecule has 1 heterocycles. The Labute approximate surface area is 120 Å². The van der Waals surface area contributed by atoms with Crippen molar-refractivity contribution in [3.05, 3.63) is 48.0 Å². The Kier molecular flexibility index (Phi) is 4.79. The van der Waals surface area contributed by atoms with Crippen molar-refractivity contribution < 1.29 is 9.84 Å². The van der Waals surface area contributed by atoms with Gasteiger partial charge in [-0.05, 0) is 38.0 Å². The van der Waals surface area contributed by atoms with Crippen LogP contribution in [0, 0.1) is 0 Å². The van der Waals surface area contributed by atoms with Gasteiger partial charge in [-0.25, -0.2) is 4.98 Å². The second kappa shape index (κ2) is 6.57. The van der Waals surface area contributed by atoms with E-state index in [0.29, 0.717) is 19.1 Å². The second-order valence-electron chi connectivity index (χ2n) is 5.17. The van der Waals surface area contributed by atoms with Gasteiger partial charge < -0.3 is 14.4 Å². The summed E-state index contributed by atoms with van der Waals surface area (Å²) in [5.41, 5.74) is 1.98. The van der Waals surface area contributed by atoms with Crippen LogP contribution in [0.3, 0.4) is 0 Å². The Bertz CT molecular complexity index is 532. The number of aliphatic hydroxyl groups is 1. The second-order valence-corrected chi connectivity index (χ2v) is 5.17. The molecule has 1 N–H and O–H groups in total. The van der Waals surface area contributed by atoms with Crippen LogP contribution in [-0.2, 0) is 6.61 Å². The summed E-state index contributed by atoms with van der Waals surface area (Å²) in [7, 11) is 0. The topological polar surface area (TPSA) is 47.3 Å². The average molecular weight is 274 g/mol. The van der Waals surface area contributed by atoms with Crippen LogP contribution < -0.4 is 4.74 Å². The van der Waals surface area contributed by atoms with Gasteiger partial charge >= 0.3 is 0 Å². The first-order valence-corrected chi connectivity index (χ1v) is 7.03. The van der Waals surface area contributed by atoms with Crippen LogP contribution in [0.5, 0.6) is 5.75 Å². The summed E-state index contributed by atoms with van der Waals surface area (Å²) >= 11 is 0. The maximum atomic E-state index is 9.75. The van der Waals surface area contributed by atoms with Crippen LogP contribution >= 0.6 is 0 Å². The number of rotatable bonds is 6. The number of aliphatic hydroxyl groups excluding tert-OH is 1. The summed E-state index contributed by atoms with van der Waals surface area (Å²) in [6.45, 7) is 6.69. The fraction of sp³-hybridized carbons (Fsp3) is 0.438. The van der Waals surface area contributed by atoms with Crippen molar-refractivity contribution in [2.45, 2.75) is 45.9 Å². The summed E-state index contributed by atoms with van der Waals surface area (Å²) in [5, 5.41) is 9.75. The lowest BCUT2D eigenvalue weighted by molar-refractivity contribution is 0.173. The van der Waals surface area contributed by atoms with Crippen molar-refractivity contribution in [1.82, 2.24) is 9.55 Å². The minimum Gasteiger partial charge on any atom is -0.487 e. The molecule has 0 fully saturated rings. The Balaban J connectivity index is 1.99. The van der Waals surface area contributed by atoms with E-state index in [1.807, 2.05) is 43.7 Å². The summed E-state index contributed by atoms with van der Waals surface area (Å²) in [6.07, 6.45) is 3.97. The Hall–Kier alpha value is -1.81. The quantitative estimate of drug-likeness (QED) is 0.877. The zero-order valence-electron chi connectivity index (χ0n) is 12.3. The fourth-order valence-corrected chi connectivity index (χ4v) is 2.09. The van der Waals surface area contributed by atoms with E-state index >= 15 is 0 Å². The molecule has 0 aliphatic heterocycles. The molecule has 20 heavy (non-hydrogen) atoms. The molecular weight excluding hydrogens is 252 g/mol. The lowest BCUT2D eigenvalue weighted by atomic mass is 10.1. The number of hydrogen-bond donors (Lipinski definition) is 1. The van der Waals surface area contributed by atoms with E-state index < -0.39 is 6.10 Å². The van der Waals surface area contributed by atoms with Gasteiger partial charge in [0.25, 0.3) is 0 Å². The molecule has 0 aliphatic rings. The third kappa shape index (κ3) is 3.39. The van der Waals surface area contributed by atoms with E-state index in [9.17, 15) is 5.11 Å². The highest BCUT2D eigenvalue weighted by Gasteiger charge is 2.07. The van der Waals surface area contributed by atoms with Crippen LogP contribution in [0.4, 0.5) is 0 Å². The predicted molar refractivity (Wildman–Crippen MR) is 78.6 cm³/mol. The van der Waals surface area contributed by atoms with E-state index in [0.717, 1.165) is 17.0 Å². The maximum absolute atomic E-state index is 9.75. The Morgan fingerprint density at radius 1 is 1.25 bits per heavy atom. The van der Waals surface area contributed by atoms with E-state index in [1.165, 1.54) is 0 Å². The van der Waals surface area contributed by atoms with Gasteiger partial charge in [0.2, 0.25) is 0 Å². The molecule has 2 rings (SSSR count). The van der Waals surface area contributed by atoms with Gasteiger partial charge in [0.15, 0.2) is 0 Å². The third-order valence-electron chi connectivity index (χ3n) is 3.34. The van der Waals surface area contributed by atoms with E-state index in [4.69, 9.17) is 4.74 Å². The lowest BCUT2D eigenvalue weighted by Crippen LogP contribution is -2.07. The number of ether oxygens (including phenoxy) is 1. The lowest BCUT2D eigenvalue weighted by Gasteiger charge is -2.13. The normalized spacial score (nSPS) is 12.7. The molecule has 4 nitrogen and oxygen atoms in total. The fourth-order valence-electron chi connectivity index (χ4n) is 2.09. The van der Waals surface area contributed by atoms with Crippen LogP contribution in [0.25, 0.3) is 0 Å². The van der Waals surface area contributed by atoms with Crippen molar-refractivity contribution in [2.75, 3.05) is 0 Å². The first-order valence-electron chi connectivity index (χ1n) is 7.03. The van der Waals surface area contributed by atoms with Crippen molar-refractivity contribution in [3.63, 3.8) is 0 Å². The molecule has 0 radical (unpaired) electrons. The van der Waals surface area contributed by atoms with Crippen LogP contribution in [-0.4, -0.2) is 14.7 Å². The minimum atomic E-state index is -0.397. The zero-order chi connectivity index (χ0) is 14.5. The van der Waals surface area contributed by atoms with Crippen molar-refractivity contribution in [1.29, 1.82) is 0 Å². The molecule has 0 spiro atoms. The summed E-state index contributed by atoms with van der Waals surface area (Å²) in [6, 6.07) is 7.97. The zero-order valence-corrected chi connectivity index (χ0v) is 12.3. The first-order chi connectivity index (χ1) is 9.61. The molecule has 1 aromatic heterocycles. The number of aromatic nitrogens is 2. The molecule has 2 aromatic rings. The van der Waals surface area contributed by atoms with E-state index in [-0.39, 0.29) is 0 Å². The van der Waals surface area contributed by atoms with E-state index in [2.05, 4.69) is 23.4 Å². The van der Waals surface area contributed by atoms with Crippen LogP contribution in [0.1, 0.15) is 50.6 Å². The smallest absolute Gasteiger partial charge is 0.130 e. The van der Waals surface area contributed by atoms with Gasteiger partial charge in [0, 0.05) is 6.04 Å². The molecule has 0 saturated heterocycles. The SMILES string of the molecule is CC[C@H](O)c1ccc(OCc2cncn2C(C)C)cc1. The molecule has 0 amide bonds. The summed E-state index contributed by atoms with van der Waals surface area (Å²) < 4.78 is 7.86. The molecule has 1 aromatic carbocycles.